The Kier molecular flexibility index (Phi) is 12.3. The lowest BCUT2D eigenvalue weighted by Gasteiger charge is -2.30. The van der Waals surface area contributed by atoms with Crippen molar-refractivity contribution in [2.24, 2.45) is 5.92 Å². The molecular formula is C45H50N8O6. The number of amides is 4. The van der Waals surface area contributed by atoms with Crippen LogP contribution in [-0.4, -0.2) is 93.1 Å². The highest BCUT2D eigenvalue weighted by Gasteiger charge is 2.38. The van der Waals surface area contributed by atoms with E-state index in [1.54, 1.807) is 18.0 Å². The van der Waals surface area contributed by atoms with Crippen LogP contribution >= 0.6 is 0 Å². The number of carbonyl (C=O) groups is 4. The van der Waals surface area contributed by atoms with Gasteiger partial charge in [0.15, 0.2) is 0 Å². The van der Waals surface area contributed by atoms with Gasteiger partial charge in [0.1, 0.15) is 23.7 Å². The van der Waals surface area contributed by atoms with Crippen molar-refractivity contribution in [1.82, 2.24) is 40.4 Å². The molecule has 3 aromatic carbocycles. The van der Waals surface area contributed by atoms with E-state index < -0.39 is 24.3 Å². The number of aromatic nitrogens is 4. The molecule has 0 spiro atoms. The smallest absolute Gasteiger partial charge is 0.407 e. The number of nitrogens with zero attached hydrogens (tertiary/aromatic N) is 4. The maximum absolute atomic E-state index is 13.6. The first-order valence-electron chi connectivity index (χ1n) is 20.0. The SMILES string of the molecule is CC#CC[C@H](NC(=O)OC)C(=O)N1CCC[C@H]1c1ncc(-c2ccc(-c3ccc4cc(-c5cnc([C@@H]6CCCN6C(=O)[C@@H](NC(=O)OC)C(C)C)[nH]5)ccc4c3)cc2)[nH]1. The zero-order chi connectivity index (χ0) is 41.6. The monoisotopic (exact) mass is 798 g/mol. The standard InChI is InChI=1S/C45H50N8O6/c1-6-7-10-34(50-44(56)58-4)42(54)52-21-8-11-37(52)40-46-25-35(48-40)29-15-13-28(14-16-29)30-17-18-32-24-33(20-19-31(32)23-30)36-26-47-41(49-36)38-12-9-22-53(38)43(55)39(27(2)3)51-45(57)59-5/h13-20,23-27,34,37-39H,8-12,21-22H2,1-5H3,(H,46,48)(H,47,49)(H,50,56)(H,51,57)/t34-,37-,38-,39-/m0/s1. The average molecular weight is 799 g/mol. The molecular weight excluding hydrogens is 749 g/mol. The quantitative estimate of drug-likeness (QED) is 0.102. The number of hydrogen-bond acceptors (Lipinski definition) is 8. The first-order valence-corrected chi connectivity index (χ1v) is 20.0. The van der Waals surface area contributed by atoms with Gasteiger partial charge < -0.3 is 39.9 Å². The number of H-pyrrole nitrogens is 2. The van der Waals surface area contributed by atoms with E-state index in [1.165, 1.54) is 14.2 Å². The van der Waals surface area contributed by atoms with Gasteiger partial charge in [0, 0.05) is 25.1 Å². The van der Waals surface area contributed by atoms with Crippen LogP contribution in [0.3, 0.4) is 0 Å². The fraction of sp³-hybridized carbons (Fsp3) is 0.378. The number of carbonyl (C=O) groups excluding carboxylic acids is 4. The lowest BCUT2D eigenvalue weighted by atomic mass is 9.98. The third-order valence-corrected chi connectivity index (χ3v) is 11.2. The van der Waals surface area contributed by atoms with Crippen molar-refractivity contribution in [1.29, 1.82) is 0 Å². The van der Waals surface area contributed by atoms with Gasteiger partial charge in [-0.15, -0.1) is 11.8 Å². The predicted molar refractivity (Wildman–Crippen MR) is 223 cm³/mol. The Morgan fingerprint density at radius 1 is 0.729 bits per heavy atom. The van der Waals surface area contributed by atoms with Gasteiger partial charge in [-0.05, 0) is 78.1 Å². The van der Waals surface area contributed by atoms with Gasteiger partial charge in [0.05, 0.1) is 50.1 Å². The first kappa shape index (κ1) is 40.6. The minimum Gasteiger partial charge on any atom is -0.453 e. The molecule has 306 valence electrons. The highest BCUT2D eigenvalue weighted by atomic mass is 16.5. The van der Waals surface area contributed by atoms with Crippen LogP contribution in [0.25, 0.3) is 44.4 Å². The molecule has 59 heavy (non-hydrogen) atoms. The number of aromatic amines is 2. The van der Waals surface area contributed by atoms with E-state index in [0.29, 0.717) is 18.9 Å². The molecule has 4 amide bonds. The molecule has 2 aliphatic heterocycles. The van der Waals surface area contributed by atoms with E-state index in [2.05, 4.69) is 98.1 Å². The zero-order valence-electron chi connectivity index (χ0n) is 34.0. The van der Waals surface area contributed by atoms with Crippen LogP contribution in [0.15, 0.2) is 73.1 Å². The molecule has 4 atom stereocenters. The molecule has 2 fully saturated rings. The number of fused-ring (bicyclic) bond motifs is 1. The van der Waals surface area contributed by atoms with E-state index in [0.717, 1.165) is 75.9 Å². The number of benzene rings is 3. The normalized spacial score (nSPS) is 17.3. The summed E-state index contributed by atoms with van der Waals surface area (Å²) in [6.07, 6.45) is 5.72. The molecule has 2 aromatic heterocycles. The van der Waals surface area contributed by atoms with Crippen LogP contribution in [-0.2, 0) is 19.1 Å². The van der Waals surface area contributed by atoms with Crippen molar-refractivity contribution in [3.63, 3.8) is 0 Å². The van der Waals surface area contributed by atoms with Crippen molar-refractivity contribution in [3.8, 4) is 45.5 Å². The summed E-state index contributed by atoms with van der Waals surface area (Å²) >= 11 is 0. The van der Waals surface area contributed by atoms with Crippen LogP contribution in [0.4, 0.5) is 9.59 Å². The highest BCUT2D eigenvalue weighted by Crippen LogP contribution is 2.35. The van der Waals surface area contributed by atoms with Gasteiger partial charge in [-0.1, -0.05) is 62.4 Å². The Labute approximate surface area is 343 Å². The molecule has 2 saturated heterocycles. The molecule has 7 rings (SSSR count). The molecule has 4 N–H and O–H groups in total. The Balaban J connectivity index is 1.02. The Morgan fingerprint density at radius 2 is 1.24 bits per heavy atom. The summed E-state index contributed by atoms with van der Waals surface area (Å²) in [7, 11) is 2.56. The van der Waals surface area contributed by atoms with Crippen molar-refractivity contribution < 1.29 is 28.7 Å². The van der Waals surface area contributed by atoms with E-state index in [9.17, 15) is 19.2 Å². The minimum absolute atomic E-state index is 0.107. The lowest BCUT2D eigenvalue weighted by Crippen LogP contribution is -2.51. The molecule has 5 aromatic rings. The van der Waals surface area contributed by atoms with E-state index >= 15 is 0 Å². The molecule has 0 saturated carbocycles. The first-order chi connectivity index (χ1) is 28.6. The maximum Gasteiger partial charge on any atom is 0.407 e. The highest BCUT2D eigenvalue weighted by molar-refractivity contribution is 5.91. The lowest BCUT2D eigenvalue weighted by molar-refractivity contribution is -0.135. The Morgan fingerprint density at radius 3 is 1.81 bits per heavy atom. The van der Waals surface area contributed by atoms with E-state index in [-0.39, 0.29) is 36.2 Å². The van der Waals surface area contributed by atoms with Crippen LogP contribution in [0, 0.1) is 17.8 Å². The number of rotatable bonds is 11. The summed E-state index contributed by atoms with van der Waals surface area (Å²) in [6, 6.07) is 19.1. The van der Waals surface area contributed by atoms with Crippen LogP contribution in [0.5, 0.6) is 0 Å². The summed E-state index contributed by atoms with van der Waals surface area (Å²) in [5, 5.41) is 7.51. The van der Waals surface area contributed by atoms with E-state index in [1.807, 2.05) is 24.9 Å². The molecule has 0 unspecified atom stereocenters. The number of nitrogens with one attached hydrogen (secondary N) is 4. The zero-order valence-corrected chi connectivity index (χ0v) is 34.0. The Hall–Kier alpha value is -6.62. The van der Waals surface area contributed by atoms with Gasteiger partial charge in [0.2, 0.25) is 11.8 Å². The third-order valence-electron chi connectivity index (χ3n) is 11.2. The van der Waals surface area contributed by atoms with Crippen molar-refractivity contribution in [2.75, 3.05) is 27.3 Å². The fourth-order valence-corrected chi connectivity index (χ4v) is 8.05. The molecule has 2 aliphatic rings. The number of hydrogen-bond donors (Lipinski definition) is 4. The summed E-state index contributed by atoms with van der Waals surface area (Å²) in [5.74, 6) is 6.67. The van der Waals surface area contributed by atoms with Gasteiger partial charge in [-0.2, -0.15) is 0 Å². The van der Waals surface area contributed by atoms with Crippen LogP contribution in [0.1, 0.15) is 76.6 Å². The second kappa shape index (κ2) is 17.9. The number of methoxy groups -OCH3 is 2. The maximum atomic E-state index is 13.6. The largest absolute Gasteiger partial charge is 0.453 e. The van der Waals surface area contributed by atoms with Gasteiger partial charge >= 0.3 is 12.2 Å². The number of imidazole rings is 2. The van der Waals surface area contributed by atoms with E-state index in [4.69, 9.17) is 14.5 Å². The number of ether oxygens (including phenoxy) is 2. The second-order valence-corrected chi connectivity index (χ2v) is 15.3. The molecule has 14 nitrogen and oxygen atoms in total. The minimum atomic E-state index is -0.809. The van der Waals surface area contributed by atoms with Crippen LogP contribution in [0.2, 0.25) is 0 Å². The summed E-state index contributed by atoms with van der Waals surface area (Å²) < 4.78 is 9.51. The topological polar surface area (TPSA) is 175 Å². The molecule has 0 radical (unpaired) electrons. The van der Waals surface area contributed by atoms with Gasteiger partial charge in [-0.25, -0.2) is 19.6 Å². The van der Waals surface area contributed by atoms with Gasteiger partial charge in [-0.3, -0.25) is 9.59 Å². The second-order valence-electron chi connectivity index (χ2n) is 15.3. The molecule has 14 heteroatoms. The molecule has 0 bridgehead atoms. The Bertz CT molecular complexity index is 2390. The van der Waals surface area contributed by atoms with Crippen molar-refractivity contribution in [3.05, 3.63) is 84.7 Å². The molecule has 4 heterocycles. The summed E-state index contributed by atoms with van der Waals surface area (Å²) in [5.41, 5.74) is 5.83. The fourth-order valence-electron chi connectivity index (χ4n) is 8.05. The summed E-state index contributed by atoms with van der Waals surface area (Å²) in [4.78, 5) is 71.0. The summed E-state index contributed by atoms with van der Waals surface area (Å²) in [6.45, 7) is 6.66. The third kappa shape index (κ3) is 8.79. The average Bonchev–Trinajstić information content (AvgIpc) is 4.10. The van der Waals surface area contributed by atoms with Crippen molar-refractivity contribution >= 4 is 34.8 Å². The van der Waals surface area contributed by atoms with Crippen LogP contribution < -0.4 is 10.6 Å². The predicted octanol–water partition coefficient (Wildman–Crippen LogP) is 7.13. The molecule has 0 aliphatic carbocycles. The van der Waals surface area contributed by atoms with Crippen molar-refractivity contribution in [2.45, 2.75) is 77.0 Å². The number of likely N-dealkylation sites (tertiary alicyclic amines) is 2. The van der Waals surface area contributed by atoms with Gasteiger partial charge in [0.25, 0.3) is 0 Å². The number of alkyl carbamates (subject to hydrolysis) is 2.